The maximum atomic E-state index is 12.3. The number of hydrogen-bond acceptors (Lipinski definition) is 4. The number of thioether (sulfide) groups is 1. The van der Waals surface area contributed by atoms with Crippen molar-refractivity contribution in [3.63, 3.8) is 0 Å². The Labute approximate surface area is 144 Å². The van der Waals surface area contributed by atoms with Crippen molar-refractivity contribution in [1.29, 1.82) is 0 Å². The number of aromatic hydroxyl groups is 1. The standard InChI is InChI=1S/C18H16N2O3S/c21-16-9-5-4-8-14(16)19-17(22)10-20-15(11-24-12-18(20)23)13-6-2-1-3-7-13/h1-9,11,21H,10,12H2,(H,19,22). The van der Waals surface area contributed by atoms with Crippen molar-refractivity contribution < 1.29 is 14.7 Å². The molecule has 122 valence electrons. The van der Waals surface area contributed by atoms with Crippen molar-refractivity contribution in [3.05, 3.63) is 65.6 Å². The molecule has 2 amide bonds. The molecule has 0 bridgehead atoms. The molecule has 1 heterocycles. The van der Waals surface area contributed by atoms with Crippen LogP contribution in [0, 0.1) is 0 Å². The zero-order valence-corrected chi connectivity index (χ0v) is 13.6. The minimum atomic E-state index is -0.362. The van der Waals surface area contributed by atoms with E-state index in [2.05, 4.69) is 5.32 Å². The molecule has 5 nitrogen and oxygen atoms in total. The van der Waals surface area contributed by atoms with E-state index in [1.807, 2.05) is 35.7 Å². The molecule has 0 fully saturated rings. The lowest BCUT2D eigenvalue weighted by atomic mass is 10.1. The highest BCUT2D eigenvalue weighted by Gasteiger charge is 2.25. The minimum absolute atomic E-state index is 0.00907. The van der Waals surface area contributed by atoms with E-state index in [9.17, 15) is 14.7 Å². The molecule has 0 atom stereocenters. The molecule has 0 aromatic heterocycles. The highest BCUT2D eigenvalue weighted by atomic mass is 32.2. The van der Waals surface area contributed by atoms with E-state index in [0.29, 0.717) is 17.1 Å². The van der Waals surface area contributed by atoms with Gasteiger partial charge < -0.3 is 15.3 Å². The van der Waals surface area contributed by atoms with Crippen molar-refractivity contribution in [2.24, 2.45) is 0 Å². The molecule has 0 spiro atoms. The van der Waals surface area contributed by atoms with Crippen LogP contribution in [0.5, 0.6) is 5.75 Å². The Bertz CT molecular complexity index is 790. The van der Waals surface area contributed by atoms with Crippen LogP contribution in [0.15, 0.2) is 60.0 Å². The van der Waals surface area contributed by atoms with Gasteiger partial charge in [0, 0.05) is 0 Å². The molecule has 0 radical (unpaired) electrons. The van der Waals surface area contributed by atoms with E-state index in [4.69, 9.17) is 0 Å². The number of nitrogens with zero attached hydrogens (tertiary/aromatic N) is 1. The monoisotopic (exact) mass is 340 g/mol. The van der Waals surface area contributed by atoms with Crippen molar-refractivity contribution in [1.82, 2.24) is 4.90 Å². The third-order valence-electron chi connectivity index (χ3n) is 3.54. The molecule has 1 aliphatic heterocycles. The highest BCUT2D eigenvalue weighted by molar-refractivity contribution is 8.03. The van der Waals surface area contributed by atoms with Crippen LogP contribution in [-0.4, -0.2) is 34.1 Å². The summed E-state index contributed by atoms with van der Waals surface area (Å²) in [6, 6.07) is 16.0. The number of anilines is 1. The van der Waals surface area contributed by atoms with Gasteiger partial charge in [0.1, 0.15) is 12.3 Å². The van der Waals surface area contributed by atoms with E-state index in [1.54, 1.807) is 18.2 Å². The lowest BCUT2D eigenvalue weighted by Gasteiger charge is -2.28. The van der Waals surface area contributed by atoms with Crippen molar-refractivity contribution in [2.45, 2.75) is 0 Å². The van der Waals surface area contributed by atoms with Gasteiger partial charge in [0.25, 0.3) is 0 Å². The van der Waals surface area contributed by atoms with Gasteiger partial charge in [-0.15, -0.1) is 11.8 Å². The van der Waals surface area contributed by atoms with Crippen molar-refractivity contribution in [3.8, 4) is 5.75 Å². The maximum Gasteiger partial charge on any atom is 0.244 e. The van der Waals surface area contributed by atoms with Gasteiger partial charge in [0.2, 0.25) is 11.8 Å². The van der Waals surface area contributed by atoms with E-state index < -0.39 is 0 Å². The van der Waals surface area contributed by atoms with Gasteiger partial charge in [-0.05, 0) is 23.1 Å². The molecule has 24 heavy (non-hydrogen) atoms. The number of carbonyl (C=O) groups excluding carboxylic acids is 2. The van der Waals surface area contributed by atoms with E-state index in [1.165, 1.54) is 22.7 Å². The van der Waals surface area contributed by atoms with E-state index >= 15 is 0 Å². The molecular weight excluding hydrogens is 324 g/mol. The summed E-state index contributed by atoms with van der Waals surface area (Å²) in [5.74, 6) is -0.183. The summed E-state index contributed by atoms with van der Waals surface area (Å²) < 4.78 is 0. The van der Waals surface area contributed by atoms with Gasteiger partial charge in [0.05, 0.1) is 17.1 Å². The number of carbonyl (C=O) groups is 2. The summed E-state index contributed by atoms with van der Waals surface area (Å²) in [5.41, 5.74) is 1.92. The average molecular weight is 340 g/mol. The highest BCUT2D eigenvalue weighted by Crippen LogP contribution is 2.28. The van der Waals surface area contributed by atoms with Crippen LogP contribution in [0.1, 0.15) is 5.56 Å². The zero-order chi connectivity index (χ0) is 16.9. The summed E-state index contributed by atoms with van der Waals surface area (Å²) in [5, 5.41) is 14.3. The van der Waals surface area contributed by atoms with Crippen molar-refractivity contribution >= 4 is 35.0 Å². The molecule has 0 aliphatic carbocycles. The molecule has 1 aliphatic rings. The summed E-state index contributed by atoms with van der Waals surface area (Å²) in [4.78, 5) is 26.0. The smallest absolute Gasteiger partial charge is 0.244 e. The molecule has 0 unspecified atom stereocenters. The normalized spacial score (nSPS) is 14.2. The molecular formula is C18H16N2O3S. The lowest BCUT2D eigenvalue weighted by molar-refractivity contribution is -0.129. The number of amides is 2. The molecule has 3 rings (SSSR count). The Kier molecular flexibility index (Phi) is 4.86. The first-order chi connectivity index (χ1) is 11.6. The fourth-order valence-corrected chi connectivity index (χ4v) is 3.19. The predicted octanol–water partition coefficient (Wildman–Crippen LogP) is 2.90. The first-order valence-electron chi connectivity index (χ1n) is 7.40. The third-order valence-corrected chi connectivity index (χ3v) is 4.35. The Morgan fingerprint density at radius 3 is 2.58 bits per heavy atom. The fourth-order valence-electron chi connectivity index (χ4n) is 2.39. The second-order valence-corrected chi connectivity index (χ2v) is 6.08. The lowest BCUT2D eigenvalue weighted by Crippen LogP contribution is -2.39. The average Bonchev–Trinajstić information content (AvgIpc) is 2.59. The number of nitrogens with one attached hydrogen (secondary N) is 1. The van der Waals surface area contributed by atoms with Crippen LogP contribution in [0.25, 0.3) is 5.70 Å². The molecule has 2 N–H and O–H groups in total. The van der Waals surface area contributed by atoms with E-state index in [0.717, 1.165) is 5.56 Å². The third kappa shape index (κ3) is 3.60. The summed E-state index contributed by atoms with van der Waals surface area (Å²) in [7, 11) is 0. The zero-order valence-electron chi connectivity index (χ0n) is 12.8. The molecule has 0 saturated heterocycles. The fraction of sp³-hybridized carbons (Fsp3) is 0.111. The molecule has 2 aromatic rings. The van der Waals surface area contributed by atoms with Gasteiger partial charge in [0.15, 0.2) is 0 Å². The maximum absolute atomic E-state index is 12.3. The summed E-state index contributed by atoms with van der Waals surface area (Å²) >= 11 is 1.42. The minimum Gasteiger partial charge on any atom is -0.506 e. The molecule has 2 aromatic carbocycles. The summed E-state index contributed by atoms with van der Waals surface area (Å²) in [6.07, 6.45) is 0. The van der Waals surface area contributed by atoms with Crippen LogP contribution >= 0.6 is 11.8 Å². The predicted molar refractivity (Wildman–Crippen MR) is 95.3 cm³/mol. The number of para-hydroxylation sites is 2. The van der Waals surface area contributed by atoms with Gasteiger partial charge in [-0.1, -0.05) is 42.5 Å². The van der Waals surface area contributed by atoms with Crippen molar-refractivity contribution in [2.75, 3.05) is 17.6 Å². The van der Waals surface area contributed by atoms with E-state index in [-0.39, 0.29) is 24.1 Å². The topological polar surface area (TPSA) is 69.6 Å². The quantitative estimate of drug-likeness (QED) is 0.840. The van der Waals surface area contributed by atoms with Crippen LogP contribution in [-0.2, 0) is 9.59 Å². The first kappa shape index (κ1) is 16.1. The molecule has 6 heteroatoms. The second-order valence-electron chi connectivity index (χ2n) is 5.23. The van der Waals surface area contributed by atoms with Gasteiger partial charge in [-0.2, -0.15) is 0 Å². The second kappa shape index (κ2) is 7.23. The Hall–Kier alpha value is -2.73. The Balaban J connectivity index is 1.77. The first-order valence-corrected chi connectivity index (χ1v) is 8.45. The SMILES string of the molecule is O=C(CN1C(=O)CSC=C1c1ccccc1)Nc1ccccc1O. The number of rotatable bonds is 4. The number of hydrogen-bond donors (Lipinski definition) is 2. The molecule has 0 saturated carbocycles. The van der Waals surface area contributed by atoms with Gasteiger partial charge >= 0.3 is 0 Å². The van der Waals surface area contributed by atoms with Crippen LogP contribution < -0.4 is 5.32 Å². The number of phenols is 1. The number of benzene rings is 2. The Morgan fingerprint density at radius 1 is 1.12 bits per heavy atom. The van der Waals surface area contributed by atoms with Crippen LogP contribution in [0.4, 0.5) is 5.69 Å². The Morgan fingerprint density at radius 2 is 1.83 bits per heavy atom. The van der Waals surface area contributed by atoms with Crippen LogP contribution in [0.2, 0.25) is 0 Å². The van der Waals surface area contributed by atoms with Gasteiger partial charge in [-0.3, -0.25) is 9.59 Å². The largest absolute Gasteiger partial charge is 0.506 e. The van der Waals surface area contributed by atoms with Gasteiger partial charge in [-0.25, -0.2) is 0 Å². The van der Waals surface area contributed by atoms with Crippen LogP contribution in [0.3, 0.4) is 0 Å². The summed E-state index contributed by atoms with van der Waals surface area (Å²) in [6.45, 7) is -0.103. The number of phenolic OH excluding ortho intramolecular Hbond substituents is 1.